The molecular weight excluding hydrogens is 268 g/mol. The number of benzene rings is 1. The van der Waals surface area contributed by atoms with Gasteiger partial charge in [0.25, 0.3) is 0 Å². The van der Waals surface area contributed by atoms with Crippen LogP contribution in [0.25, 0.3) is 10.9 Å². The highest BCUT2D eigenvalue weighted by Gasteiger charge is 2.12. The molecule has 0 spiro atoms. The van der Waals surface area contributed by atoms with Gasteiger partial charge in [-0.3, -0.25) is 0 Å². The van der Waals surface area contributed by atoms with E-state index in [0.29, 0.717) is 18.5 Å². The molecule has 2 rings (SSSR count). The fourth-order valence-corrected chi connectivity index (χ4v) is 2.12. The minimum Gasteiger partial charge on any atom is -0.409 e. The number of anilines is 1. The Kier molecular flexibility index (Phi) is 4.59. The van der Waals surface area contributed by atoms with E-state index in [0.717, 1.165) is 16.7 Å². The van der Waals surface area contributed by atoms with Crippen molar-refractivity contribution in [3.8, 4) is 0 Å². The third kappa shape index (κ3) is 3.41. The van der Waals surface area contributed by atoms with Crippen molar-refractivity contribution in [3.63, 3.8) is 0 Å². The Balaban J connectivity index is 2.46. The number of rotatable bonds is 5. The number of hydrogen-bond acceptors (Lipinski definition) is 5. The van der Waals surface area contributed by atoms with Gasteiger partial charge >= 0.3 is 0 Å². The standard InChI is InChI=1S/C15H20N4O2/c1-10(20)7-8-19(2)14-9-12(15(16)18-21)11-5-3-4-6-13(11)17-14/h3-6,9-10,20-21H,7-8H2,1-2H3,(H2,16,18). The Morgan fingerprint density at radius 1 is 1.43 bits per heavy atom. The summed E-state index contributed by atoms with van der Waals surface area (Å²) in [5.74, 6) is 0.773. The summed E-state index contributed by atoms with van der Waals surface area (Å²) in [5, 5.41) is 22.3. The highest BCUT2D eigenvalue weighted by molar-refractivity contribution is 6.08. The van der Waals surface area contributed by atoms with E-state index < -0.39 is 0 Å². The third-order valence-electron chi connectivity index (χ3n) is 3.36. The monoisotopic (exact) mass is 288 g/mol. The molecule has 0 aliphatic rings. The van der Waals surface area contributed by atoms with Gasteiger partial charge in [0.05, 0.1) is 11.6 Å². The van der Waals surface area contributed by atoms with E-state index in [1.807, 2.05) is 36.2 Å². The van der Waals surface area contributed by atoms with Gasteiger partial charge in [-0.05, 0) is 25.5 Å². The van der Waals surface area contributed by atoms with E-state index in [-0.39, 0.29) is 11.9 Å². The molecule has 1 aromatic carbocycles. The SMILES string of the molecule is CC(O)CCN(C)c1cc(/C(N)=N/O)c2ccccc2n1. The Labute approximate surface area is 123 Å². The number of hydrogen-bond donors (Lipinski definition) is 3. The van der Waals surface area contributed by atoms with E-state index in [4.69, 9.17) is 10.9 Å². The number of aliphatic hydroxyl groups is 1. The number of aromatic nitrogens is 1. The smallest absolute Gasteiger partial charge is 0.170 e. The van der Waals surface area contributed by atoms with Crippen molar-refractivity contribution in [1.82, 2.24) is 4.98 Å². The summed E-state index contributed by atoms with van der Waals surface area (Å²) in [6, 6.07) is 9.34. The molecule has 0 saturated carbocycles. The lowest BCUT2D eigenvalue weighted by Gasteiger charge is -2.20. The minimum absolute atomic E-state index is 0.0544. The average Bonchev–Trinajstić information content (AvgIpc) is 2.50. The van der Waals surface area contributed by atoms with Gasteiger partial charge in [-0.2, -0.15) is 0 Å². The van der Waals surface area contributed by atoms with Crippen LogP contribution in [0.2, 0.25) is 0 Å². The van der Waals surface area contributed by atoms with Crippen molar-refractivity contribution in [2.75, 3.05) is 18.5 Å². The molecule has 0 fully saturated rings. The van der Waals surface area contributed by atoms with Crippen LogP contribution in [0.4, 0.5) is 5.82 Å². The summed E-state index contributed by atoms with van der Waals surface area (Å²) in [7, 11) is 1.90. The Bertz CT molecular complexity index is 655. The van der Waals surface area contributed by atoms with Crippen molar-refractivity contribution in [2.45, 2.75) is 19.4 Å². The van der Waals surface area contributed by atoms with E-state index in [2.05, 4.69) is 10.1 Å². The summed E-state index contributed by atoms with van der Waals surface area (Å²) in [6.07, 6.45) is 0.278. The van der Waals surface area contributed by atoms with E-state index in [9.17, 15) is 5.11 Å². The van der Waals surface area contributed by atoms with Crippen LogP contribution in [0.15, 0.2) is 35.5 Å². The first-order chi connectivity index (χ1) is 10.0. The number of fused-ring (bicyclic) bond motifs is 1. The highest BCUT2D eigenvalue weighted by Crippen LogP contribution is 2.22. The van der Waals surface area contributed by atoms with E-state index in [1.165, 1.54) is 0 Å². The van der Waals surface area contributed by atoms with Crippen LogP contribution in [-0.2, 0) is 0 Å². The maximum absolute atomic E-state index is 9.38. The molecule has 1 unspecified atom stereocenters. The molecular formula is C15H20N4O2. The number of nitrogens with two attached hydrogens (primary N) is 1. The van der Waals surface area contributed by atoms with E-state index in [1.54, 1.807) is 13.0 Å². The van der Waals surface area contributed by atoms with Gasteiger partial charge in [-0.15, -0.1) is 0 Å². The van der Waals surface area contributed by atoms with Crippen molar-refractivity contribution >= 4 is 22.6 Å². The number of nitrogens with zero attached hydrogens (tertiary/aromatic N) is 3. The van der Waals surface area contributed by atoms with Gasteiger partial charge in [-0.1, -0.05) is 23.4 Å². The van der Waals surface area contributed by atoms with Crippen molar-refractivity contribution in [1.29, 1.82) is 0 Å². The molecule has 0 aliphatic heterocycles. The topological polar surface area (TPSA) is 95.0 Å². The summed E-state index contributed by atoms with van der Waals surface area (Å²) < 4.78 is 0. The van der Waals surface area contributed by atoms with Gasteiger partial charge in [0, 0.05) is 24.5 Å². The summed E-state index contributed by atoms with van der Waals surface area (Å²) in [6.45, 7) is 2.42. The largest absolute Gasteiger partial charge is 0.409 e. The van der Waals surface area contributed by atoms with Gasteiger partial charge in [-0.25, -0.2) is 4.98 Å². The summed E-state index contributed by atoms with van der Waals surface area (Å²) >= 11 is 0. The molecule has 6 heteroatoms. The fraction of sp³-hybridized carbons (Fsp3) is 0.333. The first-order valence-electron chi connectivity index (χ1n) is 6.80. The lowest BCUT2D eigenvalue weighted by atomic mass is 10.1. The molecule has 1 atom stereocenters. The molecule has 6 nitrogen and oxygen atoms in total. The zero-order valence-electron chi connectivity index (χ0n) is 12.2. The quantitative estimate of drug-likeness (QED) is 0.336. The molecule has 4 N–H and O–H groups in total. The lowest BCUT2D eigenvalue weighted by Crippen LogP contribution is -2.24. The zero-order chi connectivity index (χ0) is 15.4. The van der Waals surface area contributed by atoms with Crippen LogP contribution < -0.4 is 10.6 Å². The molecule has 0 radical (unpaired) electrons. The molecule has 21 heavy (non-hydrogen) atoms. The predicted octanol–water partition coefficient (Wildman–Crippen LogP) is 1.54. The van der Waals surface area contributed by atoms with Crippen molar-refractivity contribution in [2.24, 2.45) is 10.9 Å². The average molecular weight is 288 g/mol. The fourth-order valence-electron chi connectivity index (χ4n) is 2.12. The van der Waals surface area contributed by atoms with Gasteiger partial charge in [0.2, 0.25) is 0 Å². The van der Waals surface area contributed by atoms with Gasteiger partial charge in [0.1, 0.15) is 5.82 Å². The van der Waals surface area contributed by atoms with Crippen LogP contribution in [0.3, 0.4) is 0 Å². The third-order valence-corrected chi connectivity index (χ3v) is 3.36. The highest BCUT2D eigenvalue weighted by atomic mass is 16.4. The van der Waals surface area contributed by atoms with Crippen LogP contribution in [0, 0.1) is 0 Å². The number of amidine groups is 1. The molecule has 2 aromatic rings. The number of pyridine rings is 1. The molecule has 112 valence electrons. The second kappa shape index (κ2) is 6.41. The van der Waals surface area contributed by atoms with Crippen molar-refractivity contribution in [3.05, 3.63) is 35.9 Å². The minimum atomic E-state index is -0.364. The summed E-state index contributed by atoms with van der Waals surface area (Å²) in [5.41, 5.74) is 7.18. The maximum atomic E-state index is 9.38. The number of oxime groups is 1. The first-order valence-corrected chi connectivity index (χ1v) is 6.80. The van der Waals surface area contributed by atoms with Crippen LogP contribution >= 0.6 is 0 Å². The Morgan fingerprint density at radius 3 is 2.81 bits per heavy atom. The van der Waals surface area contributed by atoms with Gasteiger partial charge < -0.3 is 20.9 Å². The molecule has 0 bridgehead atoms. The zero-order valence-corrected chi connectivity index (χ0v) is 12.2. The molecule has 0 aliphatic carbocycles. The molecule has 0 amide bonds. The Morgan fingerprint density at radius 2 is 2.14 bits per heavy atom. The van der Waals surface area contributed by atoms with Gasteiger partial charge in [0.15, 0.2) is 5.84 Å². The second-order valence-electron chi connectivity index (χ2n) is 5.09. The molecule has 1 heterocycles. The van der Waals surface area contributed by atoms with Crippen LogP contribution in [0.5, 0.6) is 0 Å². The van der Waals surface area contributed by atoms with Crippen molar-refractivity contribution < 1.29 is 10.3 Å². The van der Waals surface area contributed by atoms with Crippen LogP contribution in [0.1, 0.15) is 18.9 Å². The number of para-hydroxylation sites is 1. The Hall–Kier alpha value is -2.34. The van der Waals surface area contributed by atoms with Crippen LogP contribution in [-0.4, -0.2) is 40.8 Å². The van der Waals surface area contributed by atoms with E-state index >= 15 is 0 Å². The summed E-state index contributed by atoms with van der Waals surface area (Å²) in [4.78, 5) is 6.52. The normalized spacial score (nSPS) is 13.4. The maximum Gasteiger partial charge on any atom is 0.170 e. The lowest BCUT2D eigenvalue weighted by molar-refractivity contribution is 0.187. The second-order valence-corrected chi connectivity index (χ2v) is 5.09. The molecule has 1 aromatic heterocycles. The first kappa shape index (κ1) is 15.1. The predicted molar refractivity (Wildman–Crippen MR) is 83.8 cm³/mol. The molecule has 0 saturated heterocycles. The number of aliphatic hydroxyl groups excluding tert-OH is 1.